The maximum absolute atomic E-state index is 12.9. The number of pyridine rings is 1. The molecular weight excluding hydrogens is 384 g/mol. The summed E-state index contributed by atoms with van der Waals surface area (Å²) in [6, 6.07) is 13.2. The number of esters is 1. The largest absolute Gasteiger partial charge is 0.478 e. The molecule has 0 saturated heterocycles. The van der Waals surface area contributed by atoms with Crippen molar-refractivity contribution in [1.29, 1.82) is 0 Å². The number of nitrogens with one attached hydrogen (secondary N) is 1. The average molecular weight is 404 g/mol. The van der Waals surface area contributed by atoms with E-state index in [1.807, 2.05) is 24.3 Å². The summed E-state index contributed by atoms with van der Waals surface area (Å²) >= 11 is 0. The van der Waals surface area contributed by atoms with Gasteiger partial charge in [0.2, 0.25) is 0 Å². The van der Waals surface area contributed by atoms with Crippen LogP contribution in [0.2, 0.25) is 0 Å². The number of carbonyl (C=O) groups excluding carboxylic acids is 2. The zero-order valence-corrected chi connectivity index (χ0v) is 16.2. The van der Waals surface area contributed by atoms with E-state index in [2.05, 4.69) is 5.32 Å². The summed E-state index contributed by atoms with van der Waals surface area (Å²) in [5, 5.41) is 12.2. The number of carbonyl (C=O) groups is 3. The monoisotopic (exact) mass is 404 g/mol. The van der Waals surface area contributed by atoms with Crippen LogP contribution in [0, 0.1) is 0 Å². The van der Waals surface area contributed by atoms with Gasteiger partial charge in [0, 0.05) is 16.8 Å². The van der Waals surface area contributed by atoms with Gasteiger partial charge in [0.25, 0.3) is 5.91 Å². The number of para-hydroxylation sites is 1. The Hall–Kier alpha value is -3.74. The van der Waals surface area contributed by atoms with Crippen LogP contribution in [-0.4, -0.2) is 34.5 Å². The van der Waals surface area contributed by atoms with E-state index in [0.717, 1.165) is 47.8 Å². The van der Waals surface area contributed by atoms with Gasteiger partial charge in [-0.05, 0) is 61.6 Å². The molecule has 7 heteroatoms. The Kier molecular flexibility index (Phi) is 5.43. The third kappa shape index (κ3) is 4.00. The molecule has 0 bridgehead atoms. The SMILES string of the molecule is O=C(COC(=O)c1c2c(nc3ccccc13)CCCC2)Nc1ccc(C(=O)O)cc1. The highest BCUT2D eigenvalue weighted by Crippen LogP contribution is 2.29. The van der Waals surface area contributed by atoms with Crippen LogP contribution in [0.1, 0.15) is 44.8 Å². The molecule has 0 atom stereocenters. The van der Waals surface area contributed by atoms with Crippen LogP contribution in [0.3, 0.4) is 0 Å². The predicted molar refractivity (Wildman–Crippen MR) is 111 cm³/mol. The number of anilines is 1. The first-order valence-electron chi connectivity index (χ1n) is 9.74. The lowest BCUT2D eigenvalue weighted by Gasteiger charge is -2.19. The quantitative estimate of drug-likeness (QED) is 0.630. The Morgan fingerprint density at radius 3 is 2.50 bits per heavy atom. The molecule has 1 aromatic heterocycles. The fraction of sp³-hybridized carbons (Fsp3) is 0.217. The summed E-state index contributed by atoms with van der Waals surface area (Å²) in [5.74, 6) is -2.09. The Bertz CT molecular complexity index is 1140. The number of nitrogens with zero attached hydrogens (tertiary/aromatic N) is 1. The van der Waals surface area contributed by atoms with Crippen molar-refractivity contribution < 1.29 is 24.2 Å². The zero-order chi connectivity index (χ0) is 21.1. The molecule has 0 spiro atoms. The van der Waals surface area contributed by atoms with E-state index in [1.54, 1.807) is 0 Å². The number of rotatable bonds is 5. The number of aromatic nitrogens is 1. The zero-order valence-electron chi connectivity index (χ0n) is 16.2. The third-order valence-electron chi connectivity index (χ3n) is 5.12. The average Bonchev–Trinajstić information content (AvgIpc) is 2.76. The van der Waals surface area contributed by atoms with Crippen LogP contribution in [-0.2, 0) is 22.4 Å². The molecule has 30 heavy (non-hydrogen) atoms. The minimum Gasteiger partial charge on any atom is -0.478 e. The van der Waals surface area contributed by atoms with Crippen molar-refractivity contribution in [1.82, 2.24) is 4.98 Å². The first kappa shape index (κ1) is 19.6. The molecule has 0 fully saturated rings. The molecule has 1 heterocycles. The van der Waals surface area contributed by atoms with Crippen molar-refractivity contribution in [3.8, 4) is 0 Å². The molecule has 0 unspecified atom stereocenters. The van der Waals surface area contributed by atoms with E-state index < -0.39 is 24.5 Å². The maximum Gasteiger partial charge on any atom is 0.339 e. The van der Waals surface area contributed by atoms with E-state index in [4.69, 9.17) is 14.8 Å². The van der Waals surface area contributed by atoms with Crippen molar-refractivity contribution in [2.24, 2.45) is 0 Å². The molecule has 0 radical (unpaired) electrons. The second kappa shape index (κ2) is 8.32. The summed E-state index contributed by atoms with van der Waals surface area (Å²) in [6.45, 7) is -0.440. The van der Waals surface area contributed by atoms with Gasteiger partial charge in [-0.2, -0.15) is 0 Å². The first-order valence-corrected chi connectivity index (χ1v) is 9.74. The Labute approximate surface area is 172 Å². The van der Waals surface area contributed by atoms with Crippen LogP contribution >= 0.6 is 0 Å². The summed E-state index contributed by atoms with van der Waals surface area (Å²) in [6.07, 6.45) is 3.61. The van der Waals surface area contributed by atoms with Crippen molar-refractivity contribution >= 4 is 34.4 Å². The molecule has 1 amide bonds. The molecule has 7 nitrogen and oxygen atoms in total. The molecule has 0 saturated carbocycles. The van der Waals surface area contributed by atoms with Crippen LogP contribution in [0.15, 0.2) is 48.5 Å². The maximum atomic E-state index is 12.9. The smallest absolute Gasteiger partial charge is 0.339 e. The van der Waals surface area contributed by atoms with E-state index in [0.29, 0.717) is 11.3 Å². The highest BCUT2D eigenvalue weighted by Gasteiger charge is 2.24. The van der Waals surface area contributed by atoms with Gasteiger partial charge >= 0.3 is 11.9 Å². The molecule has 3 aromatic rings. The van der Waals surface area contributed by atoms with Gasteiger partial charge in [-0.15, -0.1) is 0 Å². The number of hydrogen-bond acceptors (Lipinski definition) is 5. The van der Waals surface area contributed by atoms with Crippen LogP contribution in [0.5, 0.6) is 0 Å². The summed E-state index contributed by atoms with van der Waals surface area (Å²) < 4.78 is 5.33. The second-order valence-corrected chi connectivity index (χ2v) is 7.14. The van der Waals surface area contributed by atoms with E-state index in [1.165, 1.54) is 24.3 Å². The van der Waals surface area contributed by atoms with Crippen molar-refractivity contribution in [2.75, 3.05) is 11.9 Å². The highest BCUT2D eigenvalue weighted by atomic mass is 16.5. The lowest BCUT2D eigenvalue weighted by Crippen LogP contribution is -2.22. The fourth-order valence-electron chi connectivity index (χ4n) is 3.70. The lowest BCUT2D eigenvalue weighted by molar-refractivity contribution is -0.119. The molecule has 0 aliphatic heterocycles. The molecule has 1 aliphatic carbocycles. The summed E-state index contributed by atoms with van der Waals surface area (Å²) in [4.78, 5) is 40.7. The normalized spacial score (nSPS) is 12.8. The van der Waals surface area contributed by atoms with Crippen molar-refractivity contribution in [3.05, 3.63) is 70.9 Å². The number of fused-ring (bicyclic) bond motifs is 2. The summed E-state index contributed by atoms with van der Waals surface area (Å²) in [5.41, 5.74) is 3.62. The molecular formula is C23H20N2O5. The molecule has 2 N–H and O–H groups in total. The predicted octanol–water partition coefficient (Wildman–Crippen LogP) is 3.61. The topological polar surface area (TPSA) is 106 Å². The van der Waals surface area contributed by atoms with Gasteiger partial charge in [0.15, 0.2) is 6.61 Å². The van der Waals surface area contributed by atoms with E-state index >= 15 is 0 Å². The minimum absolute atomic E-state index is 0.119. The molecule has 1 aliphatic rings. The van der Waals surface area contributed by atoms with Gasteiger partial charge in [-0.1, -0.05) is 18.2 Å². The minimum atomic E-state index is -1.05. The molecule has 4 rings (SSSR count). The number of carboxylic acid groups (broad SMARTS) is 1. The number of ether oxygens (including phenoxy) is 1. The van der Waals surface area contributed by atoms with Gasteiger partial charge in [0.05, 0.1) is 16.6 Å². The molecule has 2 aromatic carbocycles. The van der Waals surface area contributed by atoms with Gasteiger partial charge in [-0.25, -0.2) is 9.59 Å². The number of amides is 1. The Morgan fingerprint density at radius 2 is 1.73 bits per heavy atom. The summed E-state index contributed by atoms with van der Waals surface area (Å²) in [7, 11) is 0. The van der Waals surface area contributed by atoms with Crippen LogP contribution in [0.25, 0.3) is 10.9 Å². The highest BCUT2D eigenvalue weighted by molar-refractivity contribution is 6.06. The molecule has 152 valence electrons. The van der Waals surface area contributed by atoms with Crippen LogP contribution in [0.4, 0.5) is 5.69 Å². The first-order chi connectivity index (χ1) is 14.5. The Balaban J connectivity index is 1.49. The van der Waals surface area contributed by atoms with Crippen LogP contribution < -0.4 is 5.32 Å². The number of aromatic carboxylic acids is 1. The van der Waals surface area contributed by atoms with Gasteiger partial charge < -0.3 is 15.2 Å². The number of aryl methyl sites for hydroxylation is 1. The Morgan fingerprint density at radius 1 is 1.00 bits per heavy atom. The van der Waals surface area contributed by atoms with Crippen molar-refractivity contribution in [2.45, 2.75) is 25.7 Å². The van der Waals surface area contributed by atoms with Gasteiger partial charge in [-0.3, -0.25) is 9.78 Å². The number of hydrogen-bond donors (Lipinski definition) is 2. The number of benzene rings is 2. The standard InChI is InChI=1S/C23H20N2O5/c26-20(24-15-11-9-14(10-12-15)22(27)28)13-30-23(29)21-16-5-1-3-7-18(16)25-19-8-4-2-6-17(19)21/h1,3,5,7,9-12H,2,4,6,8,13H2,(H,24,26)(H,27,28). The number of carboxylic acids is 1. The third-order valence-corrected chi connectivity index (χ3v) is 5.12. The van der Waals surface area contributed by atoms with Crippen molar-refractivity contribution in [3.63, 3.8) is 0 Å². The fourth-order valence-corrected chi connectivity index (χ4v) is 3.70. The van der Waals surface area contributed by atoms with E-state index in [9.17, 15) is 14.4 Å². The lowest BCUT2D eigenvalue weighted by atomic mass is 9.90. The second-order valence-electron chi connectivity index (χ2n) is 7.14. The van der Waals surface area contributed by atoms with E-state index in [-0.39, 0.29) is 5.56 Å². The van der Waals surface area contributed by atoms with Gasteiger partial charge in [0.1, 0.15) is 0 Å².